The number of nitrogens with zero attached hydrogens (tertiary/aromatic N) is 1. The van der Waals surface area contributed by atoms with E-state index in [0.29, 0.717) is 11.1 Å². The maximum atomic E-state index is 13.5. The van der Waals surface area contributed by atoms with Crippen molar-refractivity contribution in [3.05, 3.63) is 71.0 Å². The van der Waals surface area contributed by atoms with Crippen LogP contribution in [0.25, 0.3) is 6.08 Å². The van der Waals surface area contributed by atoms with E-state index in [4.69, 9.17) is 14.7 Å². The van der Waals surface area contributed by atoms with E-state index in [0.717, 1.165) is 5.56 Å². The molecule has 0 aliphatic carbocycles. The van der Waals surface area contributed by atoms with Crippen molar-refractivity contribution in [2.45, 2.75) is 6.61 Å². The molecule has 0 saturated carbocycles. The Kier molecular flexibility index (Phi) is 5.48. The summed E-state index contributed by atoms with van der Waals surface area (Å²) >= 11 is 0. The fourth-order valence-electron chi connectivity index (χ4n) is 1.83. The Morgan fingerprint density at radius 2 is 2.00 bits per heavy atom. The lowest BCUT2D eigenvalue weighted by Crippen LogP contribution is -2.00. The van der Waals surface area contributed by atoms with Crippen molar-refractivity contribution in [2.75, 3.05) is 7.11 Å². The fraction of sp³-hybridized carbons (Fsp3) is 0.111. The molecule has 0 aliphatic rings. The van der Waals surface area contributed by atoms with E-state index in [-0.39, 0.29) is 12.4 Å². The predicted molar refractivity (Wildman–Crippen MR) is 82.9 cm³/mol. The smallest absolute Gasteiger partial charge is 0.331 e. The van der Waals surface area contributed by atoms with Crippen LogP contribution in [0.2, 0.25) is 0 Å². The zero-order valence-electron chi connectivity index (χ0n) is 12.5. The van der Waals surface area contributed by atoms with E-state index in [1.807, 2.05) is 6.07 Å². The van der Waals surface area contributed by atoms with Gasteiger partial charge in [0.1, 0.15) is 6.61 Å². The standard InChI is InChI=1S/C18H14FNO3/c1-22-17-8-6-13(10-16(17)19)7-9-18(21)23-12-15-4-2-14(11-20)3-5-15/h2-10H,12H2,1H3/b9-7+. The molecule has 0 aliphatic heterocycles. The number of hydrogen-bond acceptors (Lipinski definition) is 4. The molecule has 0 N–H and O–H groups in total. The highest BCUT2D eigenvalue weighted by Gasteiger charge is 2.03. The molecule has 0 aromatic heterocycles. The molecule has 2 aromatic rings. The minimum Gasteiger partial charge on any atom is -0.494 e. The Bertz CT molecular complexity index is 761. The number of methoxy groups -OCH3 is 1. The van der Waals surface area contributed by atoms with Crippen molar-refractivity contribution >= 4 is 12.0 Å². The first-order valence-electron chi connectivity index (χ1n) is 6.80. The third-order valence-electron chi connectivity index (χ3n) is 3.05. The van der Waals surface area contributed by atoms with Gasteiger partial charge in [-0.25, -0.2) is 9.18 Å². The summed E-state index contributed by atoms with van der Waals surface area (Å²) in [5, 5.41) is 8.70. The van der Waals surface area contributed by atoms with Gasteiger partial charge in [-0.1, -0.05) is 18.2 Å². The number of benzene rings is 2. The molecule has 0 bridgehead atoms. The van der Waals surface area contributed by atoms with Crippen LogP contribution in [0.15, 0.2) is 48.5 Å². The zero-order chi connectivity index (χ0) is 16.7. The van der Waals surface area contributed by atoms with E-state index in [9.17, 15) is 9.18 Å². The van der Waals surface area contributed by atoms with Crippen LogP contribution in [-0.2, 0) is 16.1 Å². The number of carbonyl (C=O) groups excluding carboxylic acids is 1. The van der Waals surface area contributed by atoms with E-state index in [1.165, 1.54) is 31.4 Å². The highest BCUT2D eigenvalue weighted by atomic mass is 19.1. The van der Waals surface area contributed by atoms with E-state index < -0.39 is 11.8 Å². The molecule has 0 radical (unpaired) electrons. The van der Waals surface area contributed by atoms with Gasteiger partial charge in [0.2, 0.25) is 0 Å². The molecule has 5 heteroatoms. The Morgan fingerprint density at radius 1 is 1.26 bits per heavy atom. The zero-order valence-corrected chi connectivity index (χ0v) is 12.5. The SMILES string of the molecule is COc1ccc(/C=C/C(=O)OCc2ccc(C#N)cc2)cc1F. The number of hydrogen-bond donors (Lipinski definition) is 0. The first-order valence-corrected chi connectivity index (χ1v) is 6.80. The van der Waals surface area contributed by atoms with Gasteiger partial charge in [0, 0.05) is 6.08 Å². The van der Waals surface area contributed by atoms with Crippen LogP contribution in [0.1, 0.15) is 16.7 Å². The Hall–Kier alpha value is -3.13. The monoisotopic (exact) mass is 311 g/mol. The summed E-state index contributed by atoms with van der Waals surface area (Å²) in [6, 6.07) is 13.1. The minimum absolute atomic E-state index is 0.103. The molecule has 23 heavy (non-hydrogen) atoms. The number of nitriles is 1. The maximum absolute atomic E-state index is 13.5. The molecule has 0 unspecified atom stereocenters. The summed E-state index contributed by atoms with van der Waals surface area (Å²) in [6.07, 6.45) is 2.69. The van der Waals surface area contributed by atoms with Crippen LogP contribution < -0.4 is 4.74 Å². The number of carbonyl (C=O) groups is 1. The summed E-state index contributed by atoms with van der Waals surface area (Å²) in [5.74, 6) is -0.892. The van der Waals surface area contributed by atoms with Gasteiger partial charge >= 0.3 is 5.97 Å². The predicted octanol–water partition coefficient (Wildman–Crippen LogP) is 3.46. The van der Waals surface area contributed by atoms with Gasteiger partial charge in [0.05, 0.1) is 18.7 Å². The van der Waals surface area contributed by atoms with Gasteiger partial charge in [-0.3, -0.25) is 0 Å². The van der Waals surface area contributed by atoms with Crippen molar-refractivity contribution in [2.24, 2.45) is 0 Å². The molecule has 116 valence electrons. The van der Waals surface area contributed by atoms with Gasteiger partial charge in [-0.2, -0.15) is 5.26 Å². The molecule has 0 saturated heterocycles. The summed E-state index contributed by atoms with van der Waals surface area (Å²) in [5.41, 5.74) is 1.85. The molecule has 0 atom stereocenters. The summed E-state index contributed by atoms with van der Waals surface area (Å²) < 4.78 is 23.4. The Morgan fingerprint density at radius 3 is 2.61 bits per heavy atom. The van der Waals surface area contributed by atoms with Crippen LogP contribution in [0.4, 0.5) is 4.39 Å². The highest BCUT2D eigenvalue weighted by molar-refractivity contribution is 5.87. The fourth-order valence-corrected chi connectivity index (χ4v) is 1.83. The summed E-state index contributed by atoms with van der Waals surface area (Å²) in [7, 11) is 1.38. The van der Waals surface area contributed by atoms with E-state index in [1.54, 1.807) is 30.3 Å². The van der Waals surface area contributed by atoms with Gasteiger partial charge in [0.25, 0.3) is 0 Å². The van der Waals surface area contributed by atoms with Crippen molar-refractivity contribution in [1.29, 1.82) is 5.26 Å². The second-order valence-electron chi connectivity index (χ2n) is 4.64. The van der Waals surface area contributed by atoms with Gasteiger partial charge in [0.15, 0.2) is 11.6 Å². The average molecular weight is 311 g/mol. The molecular formula is C18H14FNO3. The summed E-state index contributed by atoms with van der Waals surface area (Å²) in [6.45, 7) is 0.103. The molecule has 0 amide bonds. The third-order valence-corrected chi connectivity index (χ3v) is 3.05. The van der Waals surface area contributed by atoms with E-state index >= 15 is 0 Å². The largest absolute Gasteiger partial charge is 0.494 e. The van der Waals surface area contributed by atoms with Crippen molar-refractivity contribution in [3.63, 3.8) is 0 Å². The second kappa shape index (κ2) is 7.76. The highest BCUT2D eigenvalue weighted by Crippen LogP contribution is 2.18. The van der Waals surface area contributed by atoms with Crippen LogP contribution in [-0.4, -0.2) is 13.1 Å². The first-order chi connectivity index (χ1) is 11.1. The van der Waals surface area contributed by atoms with Crippen molar-refractivity contribution in [1.82, 2.24) is 0 Å². The van der Waals surface area contributed by atoms with E-state index in [2.05, 4.69) is 0 Å². The summed E-state index contributed by atoms with van der Waals surface area (Å²) in [4.78, 5) is 11.6. The first kappa shape index (κ1) is 16.2. The molecule has 2 aromatic carbocycles. The van der Waals surface area contributed by atoms with Gasteiger partial charge < -0.3 is 9.47 Å². The van der Waals surface area contributed by atoms with Gasteiger partial charge in [-0.05, 0) is 41.5 Å². The number of halogens is 1. The number of ether oxygens (including phenoxy) is 2. The van der Waals surface area contributed by atoms with Crippen LogP contribution >= 0.6 is 0 Å². The second-order valence-corrected chi connectivity index (χ2v) is 4.64. The molecule has 4 nitrogen and oxygen atoms in total. The topological polar surface area (TPSA) is 59.3 Å². The molecule has 0 fully saturated rings. The Labute approximate surface area is 133 Å². The van der Waals surface area contributed by atoms with Crippen LogP contribution in [0, 0.1) is 17.1 Å². The minimum atomic E-state index is -0.536. The molecule has 0 spiro atoms. The van der Waals surface area contributed by atoms with Crippen molar-refractivity contribution < 1.29 is 18.7 Å². The number of esters is 1. The third kappa shape index (κ3) is 4.68. The lowest BCUT2D eigenvalue weighted by atomic mass is 10.1. The van der Waals surface area contributed by atoms with Crippen LogP contribution in [0.3, 0.4) is 0 Å². The van der Waals surface area contributed by atoms with Gasteiger partial charge in [-0.15, -0.1) is 0 Å². The molecule has 2 rings (SSSR count). The lowest BCUT2D eigenvalue weighted by molar-refractivity contribution is -0.138. The average Bonchev–Trinajstić information content (AvgIpc) is 2.58. The van der Waals surface area contributed by atoms with Crippen molar-refractivity contribution in [3.8, 4) is 11.8 Å². The maximum Gasteiger partial charge on any atom is 0.331 e. The van der Waals surface area contributed by atoms with Crippen LogP contribution in [0.5, 0.6) is 5.75 Å². The normalized spacial score (nSPS) is 10.3. The molecular weight excluding hydrogens is 297 g/mol. The Balaban J connectivity index is 1.91. The lowest BCUT2D eigenvalue weighted by Gasteiger charge is -2.03. The number of rotatable bonds is 5. The molecule has 0 heterocycles. The quantitative estimate of drug-likeness (QED) is 0.627.